The van der Waals surface area contributed by atoms with Crippen molar-refractivity contribution in [3.63, 3.8) is 0 Å². The predicted molar refractivity (Wildman–Crippen MR) is 135 cm³/mol. The van der Waals surface area contributed by atoms with Gasteiger partial charge in [0, 0.05) is 25.7 Å². The number of rotatable bonds is 5. The highest BCUT2D eigenvalue weighted by Gasteiger charge is 2.25. The Kier molecular flexibility index (Phi) is 6.91. The molecule has 1 aromatic heterocycles. The lowest BCUT2D eigenvalue weighted by atomic mass is 9.86. The molecule has 0 unspecified atom stereocenters. The Bertz CT molecular complexity index is 1230. The fourth-order valence-corrected chi connectivity index (χ4v) is 4.55. The van der Waals surface area contributed by atoms with Crippen LogP contribution in [0.2, 0.25) is 0 Å². The Labute approximate surface area is 200 Å². The van der Waals surface area contributed by atoms with Crippen LogP contribution in [0.25, 0.3) is 11.0 Å². The summed E-state index contributed by atoms with van der Waals surface area (Å²) >= 11 is 0. The van der Waals surface area contributed by atoms with Gasteiger partial charge in [-0.15, -0.1) is 0 Å². The van der Waals surface area contributed by atoms with Crippen molar-refractivity contribution in [1.82, 2.24) is 10.2 Å². The van der Waals surface area contributed by atoms with E-state index in [1.807, 2.05) is 19.9 Å². The van der Waals surface area contributed by atoms with E-state index in [0.29, 0.717) is 30.7 Å². The van der Waals surface area contributed by atoms with Crippen LogP contribution < -0.4 is 10.7 Å². The number of hydrogen-bond donors (Lipinski definition) is 1. The van der Waals surface area contributed by atoms with Gasteiger partial charge in [-0.2, -0.15) is 0 Å². The van der Waals surface area contributed by atoms with E-state index in [9.17, 15) is 9.59 Å². The second-order valence-electron chi connectivity index (χ2n) is 10.2. The molecular weight excluding hydrogens is 428 g/mol. The van der Waals surface area contributed by atoms with E-state index in [0.717, 1.165) is 29.8 Å². The monoisotopic (exact) mass is 462 g/mol. The van der Waals surface area contributed by atoms with Crippen molar-refractivity contribution >= 4 is 16.9 Å². The summed E-state index contributed by atoms with van der Waals surface area (Å²) in [6.45, 7) is 13.7. The maximum atomic E-state index is 13.0. The molecule has 2 heterocycles. The van der Waals surface area contributed by atoms with Crippen LogP contribution in [0.4, 0.5) is 0 Å². The van der Waals surface area contributed by atoms with E-state index < -0.39 is 0 Å². The minimum atomic E-state index is -0.386. The number of amides is 1. The minimum absolute atomic E-state index is 0.00145. The number of hydrogen-bond acceptors (Lipinski definition) is 5. The third-order valence-electron chi connectivity index (χ3n) is 6.49. The number of ether oxygens (including phenoxy) is 1. The minimum Gasteiger partial charge on any atom is -0.450 e. The number of morpholine rings is 1. The molecule has 1 aliphatic rings. The van der Waals surface area contributed by atoms with Gasteiger partial charge in [-0.3, -0.25) is 14.5 Å². The first-order chi connectivity index (χ1) is 16.1. The fraction of sp³-hybridized carbons (Fsp3) is 0.429. The Hall–Kier alpha value is -2.96. The third-order valence-corrected chi connectivity index (χ3v) is 6.49. The number of nitrogens with one attached hydrogen (secondary N) is 1. The highest BCUT2D eigenvalue weighted by atomic mass is 16.5. The van der Waals surface area contributed by atoms with Crippen LogP contribution in [0, 0.1) is 13.8 Å². The van der Waals surface area contributed by atoms with Crippen molar-refractivity contribution in [3.05, 3.63) is 80.7 Å². The van der Waals surface area contributed by atoms with E-state index in [4.69, 9.17) is 9.15 Å². The number of aryl methyl sites for hydroxylation is 2. The molecular formula is C28H34N2O4. The average Bonchev–Trinajstić information content (AvgIpc) is 2.80. The lowest BCUT2D eigenvalue weighted by Crippen LogP contribution is -2.43. The summed E-state index contributed by atoms with van der Waals surface area (Å²) in [6, 6.07) is 13.7. The lowest BCUT2D eigenvalue weighted by molar-refractivity contribution is 0.0161. The van der Waals surface area contributed by atoms with Gasteiger partial charge in [0.1, 0.15) is 5.58 Å². The van der Waals surface area contributed by atoms with Gasteiger partial charge in [-0.25, -0.2) is 0 Å². The highest BCUT2D eigenvalue weighted by molar-refractivity contribution is 5.93. The van der Waals surface area contributed by atoms with Gasteiger partial charge in [-0.05, 0) is 47.6 Å². The summed E-state index contributed by atoms with van der Waals surface area (Å²) in [5.74, 6) is -0.350. The van der Waals surface area contributed by atoms with Crippen molar-refractivity contribution in [2.45, 2.75) is 46.1 Å². The summed E-state index contributed by atoms with van der Waals surface area (Å²) < 4.78 is 11.4. The number of nitrogens with zero attached hydrogens (tertiary/aromatic N) is 1. The van der Waals surface area contributed by atoms with E-state index in [1.54, 1.807) is 6.07 Å². The zero-order valence-corrected chi connectivity index (χ0v) is 20.7. The molecule has 0 bridgehead atoms. The standard InChI is InChI=1S/C28H34N2O4/c1-18-14-19(2)26-22(15-18)24(31)16-25(34-26)27(32)29-17-23(30-10-12-33-13-11-30)20-6-8-21(9-7-20)28(3,4)5/h6-9,14-16,23H,10-13,17H2,1-5H3,(H,29,32)/t23-/m1/s1. The van der Waals surface area contributed by atoms with Crippen LogP contribution in [0.5, 0.6) is 0 Å². The molecule has 1 aliphatic heterocycles. The van der Waals surface area contributed by atoms with Gasteiger partial charge < -0.3 is 14.5 Å². The predicted octanol–water partition coefficient (Wildman–Crippen LogP) is 4.51. The molecule has 1 N–H and O–H groups in total. The molecule has 4 rings (SSSR count). The first kappa shape index (κ1) is 24.2. The molecule has 0 spiro atoms. The van der Waals surface area contributed by atoms with Crippen LogP contribution in [0.1, 0.15) is 59.6 Å². The van der Waals surface area contributed by atoms with Gasteiger partial charge in [0.25, 0.3) is 5.91 Å². The van der Waals surface area contributed by atoms with Crippen molar-refractivity contribution in [2.24, 2.45) is 0 Å². The number of carbonyl (C=O) groups excluding carboxylic acids is 1. The van der Waals surface area contributed by atoms with Gasteiger partial charge >= 0.3 is 0 Å². The van der Waals surface area contributed by atoms with Crippen molar-refractivity contribution < 1.29 is 13.9 Å². The smallest absolute Gasteiger partial charge is 0.287 e. The molecule has 1 saturated heterocycles. The van der Waals surface area contributed by atoms with Gasteiger partial charge in [0.2, 0.25) is 0 Å². The van der Waals surface area contributed by atoms with Crippen LogP contribution in [0.15, 0.2) is 51.7 Å². The molecule has 1 atom stereocenters. The van der Waals surface area contributed by atoms with E-state index in [-0.39, 0.29) is 28.6 Å². The SMILES string of the molecule is Cc1cc(C)c2oc(C(=O)NC[C@H](c3ccc(C(C)(C)C)cc3)N3CCOCC3)cc(=O)c2c1. The normalized spacial score (nSPS) is 15.9. The molecule has 34 heavy (non-hydrogen) atoms. The molecule has 6 nitrogen and oxygen atoms in total. The quantitative estimate of drug-likeness (QED) is 0.604. The summed E-state index contributed by atoms with van der Waals surface area (Å²) in [5, 5.41) is 3.51. The summed E-state index contributed by atoms with van der Waals surface area (Å²) in [5.41, 5.74) is 4.57. The van der Waals surface area contributed by atoms with Gasteiger partial charge in [-0.1, -0.05) is 51.1 Å². The summed E-state index contributed by atoms with van der Waals surface area (Å²) in [6.07, 6.45) is 0. The van der Waals surface area contributed by atoms with Crippen LogP contribution in [-0.4, -0.2) is 43.7 Å². The topological polar surface area (TPSA) is 71.8 Å². The number of benzene rings is 2. The van der Waals surface area contributed by atoms with Gasteiger partial charge in [0.05, 0.1) is 24.6 Å². The molecule has 2 aromatic carbocycles. The van der Waals surface area contributed by atoms with E-state index >= 15 is 0 Å². The Balaban J connectivity index is 1.57. The zero-order chi connectivity index (χ0) is 24.5. The van der Waals surface area contributed by atoms with Crippen molar-refractivity contribution in [2.75, 3.05) is 32.8 Å². The molecule has 180 valence electrons. The molecule has 1 amide bonds. The average molecular weight is 463 g/mol. The molecule has 0 radical (unpaired) electrons. The fourth-order valence-electron chi connectivity index (χ4n) is 4.55. The summed E-state index contributed by atoms with van der Waals surface area (Å²) in [7, 11) is 0. The molecule has 3 aromatic rings. The van der Waals surface area contributed by atoms with Crippen LogP contribution >= 0.6 is 0 Å². The largest absolute Gasteiger partial charge is 0.450 e. The Morgan fingerprint density at radius 3 is 2.38 bits per heavy atom. The first-order valence-corrected chi connectivity index (χ1v) is 11.9. The zero-order valence-electron chi connectivity index (χ0n) is 20.7. The number of carbonyl (C=O) groups is 1. The molecule has 0 saturated carbocycles. The Morgan fingerprint density at radius 2 is 1.74 bits per heavy atom. The van der Waals surface area contributed by atoms with E-state index in [2.05, 4.69) is 55.3 Å². The highest BCUT2D eigenvalue weighted by Crippen LogP contribution is 2.27. The van der Waals surface area contributed by atoms with Gasteiger partial charge in [0.15, 0.2) is 11.2 Å². The summed E-state index contributed by atoms with van der Waals surface area (Å²) in [4.78, 5) is 28.0. The second kappa shape index (κ2) is 9.72. The molecule has 0 aliphatic carbocycles. The molecule has 6 heteroatoms. The maximum absolute atomic E-state index is 13.0. The van der Waals surface area contributed by atoms with Crippen LogP contribution in [-0.2, 0) is 10.2 Å². The van der Waals surface area contributed by atoms with Crippen LogP contribution in [0.3, 0.4) is 0 Å². The number of fused-ring (bicyclic) bond motifs is 1. The van der Waals surface area contributed by atoms with E-state index in [1.165, 1.54) is 11.6 Å². The second-order valence-corrected chi connectivity index (χ2v) is 10.2. The lowest BCUT2D eigenvalue weighted by Gasteiger charge is -2.35. The van der Waals surface area contributed by atoms with Crippen molar-refractivity contribution in [1.29, 1.82) is 0 Å². The first-order valence-electron chi connectivity index (χ1n) is 11.9. The Morgan fingerprint density at radius 1 is 1.06 bits per heavy atom. The maximum Gasteiger partial charge on any atom is 0.287 e. The van der Waals surface area contributed by atoms with Crippen molar-refractivity contribution in [3.8, 4) is 0 Å². The third kappa shape index (κ3) is 5.24. The molecule has 1 fully saturated rings.